The van der Waals surface area contributed by atoms with Gasteiger partial charge in [0.25, 0.3) is 0 Å². The average Bonchev–Trinajstić information content (AvgIpc) is 3.37. The molecule has 0 amide bonds. The number of ether oxygens (including phenoxy) is 1. The highest BCUT2D eigenvalue weighted by Gasteiger charge is 2.19. The summed E-state index contributed by atoms with van der Waals surface area (Å²) in [6.45, 7) is 4.29. The molecule has 0 fully saturated rings. The van der Waals surface area contributed by atoms with Crippen molar-refractivity contribution in [3.63, 3.8) is 0 Å². The summed E-state index contributed by atoms with van der Waals surface area (Å²) in [7, 11) is 1.00. The minimum absolute atomic E-state index is 0.241. The lowest BCUT2D eigenvalue weighted by Crippen LogP contribution is -2.10. The molecule has 0 saturated heterocycles. The normalized spacial score (nSPS) is 12.4. The second-order valence-electron chi connectivity index (χ2n) is 5.88. The van der Waals surface area contributed by atoms with Crippen molar-refractivity contribution in [1.29, 1.82) is 5.41 Å². The molecule has 3 aromatic heterocycles. The quantitative estimate of drug-likeness (QED) is 0.416. The lowest BCUT2D eigenvalue weighted by molar-refractivity contribution is 0.0484. The predicted octanol–water partition coefficient (Wildman–Crippen LogP) is 3.35. The Hall–Kier alpha value is -2.81. The van der Waals surface area contributed by atoms with Crippen molar-refractivity contribution >= 4 is 35.1 Å². The zero-order chi connectivity index (χ0) is 20.7. The third kappa shape index (κ3) is 4.36. The Morgan fingerprint density at radius 2 is 2.25 bits per heavy atom. The molecule has 0 aliphatic rings. The Balaban J connectivity index is 0.00000136. The van der Waals surface area contributed by atoms with Crippen LogP contribution in [0.25, 0.3) is 11.2 Å². The van der Waals surface area contributed by atoms with E-state index in [0.29, 0.717) is 17.9 Å². The molecular formula is C20H24N4O3S. The van der Waals surface area contributed by atoms with Gasteiger partial charge in [0.2, 0.25) is 0 Å². The minimum atomic E-state index is -0.241. The molecule has 3 rings (SSSR count). The van der Waals surface area contributed by atoms with Crippen LogP contribution in [0, 0.1) is 12.3 Å². The number of aliphatic hydroxyl groups is 1. The van der Waals surface area contributed by atoms with E-state index in [1.165, 1.54) is 6.08 Å². The van der Waals surface area contributed by atoms with Crippen molar-refractivity contribution in [2.45, 2.75) is 26.6 Å². The second-order valence-corrected chi connectivity index (χ2v) is 6.86. The topological polar surface area (TPSA) is 114 Å². The number of carbonyl (C=O) groups is 1. The number of pyridine rings is 1. The molecule has 7 nitrogen and oxygen atoms in total. The summed E-state index contributed by atoms with van der Waals surface area (Å²) in [5.74, 6) is 0. The Kier molecular flexibility index (Phi) is 7.62. The fraction of sp³-hybridized carbons (Fsp3) is 0.250. The van der Waals surface area contributed by atoms with Crippen LogP contribution in [0.4, 0.5) is 0 Å². The maximum Gasteiger partial charge on any atom is 0.150 e. The Labute approximate surface area is 167 Å². The highest BCUT2D eigenvalue weighted by molar-refractivity contribution is 7.09. The van der Waals surface area contributed by atoms with Crippen LogP contribution in [-0.4, -0.2) is 34.1 Å². The number of thiazole rings is 1. The number of aldehydes is 1. The second kappa shape index (κ2) is 9.93. The van der Waals surface area contributed by atoms with E-state index in [9.17, 15) is 4.79 Å². The summed E-state index contributed by atoms with van der Waals surface area (Å²) in [5.41, 5.74) is 10.5. The van der Waals surface area contributed by atoms with Gasteiger partial charge >= 0.3 is 0 Å². The van der Waals surface area contributed by atoms with Crippen molar-refractivity contribution in [2.75, 3.05) is 7.11 Å². The first kappa shape index (κ1) is 21.5. The third-order valence-electron chi connectivity index (χ3n) is 4.32. The number of rotatable bonds is 7. The summed E-state index contributed by atoms with van der Waals surface area (Å²) < 4.78 is 8.00. The number of hydrogen-bond donors (Lipinski definition) is 3. The van der Waals surface area contributed by atoms with E-state index in [1.807, 2.05) is 42.0 Å². The molecule has 1 unspecified atom stereocenters. The number of carbonyl (C=O) groups excluding carboxylic acids is 1. The van der Waals surface area contributed by atoms with Crippen molar-refractivity contribution < 1.29 is 14.6 Å². The number of nitrogens with zero attached hydrogens (tertiary/aromatic N) is 2. The maximum atomic E-state index is 11.6. The molecule has 0 aliphatic carbocycles. The maximum absolute atomic E-state index is 11.6. The van der Waals surface area contributed by atoms with E-state index in [2.05, 4.69) is 4.98 Å². The van der Waals surface area contributed by atoms with Crippen molar-refractivity contribution in [3.05, 3.63) is 63.4 Å². The van der Waals surface area contributed by atoms with Gasteiger partial charge in [-0.2, -0.15) is 0 Å². The van der Waals surface area contributed by atoms with Gasteiger partial charge in [0.05, 0.1) is 23.9 Å². The molecule has 28 heavy (non-hydrogen) atoms. The standard InChI is InChI=1S/C19H20N4O2S.CH4O/c1-12-14(10-24)9-17-15(16(21)3-5-20)4-7-23(17)19(12)13(2)25-11-18-22-6-8-26-18;1-2/h3-10,13,20H,11,21H2,1-2H3;2H,1H3/b16-3-,20-5?;. The van der Waals surface area contributed by atoms with E-state index in [4.69, 9.17) is 21.0 Å². The van der Waals surface area contributed by atoms with Crippen LogP contribution >= 0.6 is 11.3 Å². The highest BCUT2D eigenvalue weighted by Crippen LogP contribution is 2.29. The van der Waals surface area contributed by atoms with E-state index < -0.39 is 0 Å². The van der Waals surface area contributed by atoms with E-state index in [1.54, 1.807) is 17.5 Å². The van der Waals surface area contributed by atoms with E-state index in [0.717, 1.165) is 47.0 Å². The molecule has 4 N–H and O–H groups in total. The smallest absolute Gasteiger partial charge is 0.150 e. The predicted molar refractivity (Wildman–Crippen MR) is 112 cm³/mol. The Morgan fingerprint density at radius 1 is 1.50 bits per heavy atom. The minimum Gasteiger partial charge on any atom is -0.400 e. The summed E-state index contributed by atoms with van der Waals surface area (Å²) in [6, 6.07) is 3.70. The van der Waals surface area contributed by atoms with Crippen LogP contribution in [-0.2, 0) is 11.3 Å². The van der Waals surface area contributed by atoms with Crippen molar-refractivity contribution in [2.24, 2.45) is 5.73 Å². The number of nitrogens with one attached hydrogen (secondary N) is 1. The van der Waals surface area contributed by atoms with Gasteiger partial charge in [-0.05, 0) is 37.6 Å². The number of hydrogen-bond acceptors (Lipinski definition) is 7. The first-order valence-corrected chi connectivity index (χ1v) is 9.45. The molecule has 3 aromatic rings. The molecular weight excluding hydrogens is 376 g/mol. The molecule has 148 valence electrons. The summed E-state index contributed by atoms with van der Waals surface area (Å²) in [5, 5.41) is 17.0. The molecule has 0 saturated carbocycles. The van der Waals surface area contributed by atoms with Gasteiger partial charge in [0.1, 0.15) is 11.3 Å². The van der Waals surface area contributed by atoms with Gasteiger partial charge in [0.15, 0.2) is 0 Å². The van der Waals surface area contributed by atoms with Gasteiger partial charge in [-0.15, -0.1) is 11.3 Å². The molecule has 0 spiro atoms. The number of aromatic nitrogens is 2. The zero-order valence-corrected chi connectivity index (χ0v) is 16.9. The Morgan fingerprint density at radius 3 is 2.86 bits per heavy atom. The number of nitrogens with two attached hydrogens (primary N) is 1. The monoisotopic (exact) mass is 400 g/mol. The number of fused-ring (bicyclic) bond motifs is 1. The van der Waals surface area contributed by atoms with Gasteiger partial charge < -0.3 is 25.4 Å². The fourth-order valence-electron chi connectivity index (χ4n) is 3.03. The lowest BCUT2D eigenvalue weighted by atomic mass is 10.0. The SMILES string of the molecule is CO.Cc1c(C=O)cc2c(/C(N)=C/C=N)ccn2c1C(C)OCc1nccs1. The first-order valence-electron chi connectivity index (χ1n) is 8.57. The molecule has 0 aliphatic heterocycles. The number of aliphatic hydroxyl groups excluding tert-OH is 1. The molecule has 1 atom stereocenters. The van der Waals surface area contributed by atoms with Crippen LogP contribution in [0.1, 0.15) is 45.2 Å². The third-order valence-corrected chi connectivity index (χ3v) is 5.07. The molecule has 0 bridgehead atoms. The molecule has 0 aromatic carbocycles. The fourth-order valence-corrected chi connectivity index (χ4v) is 3.57. The first-order chi connectivity index (χ1) is 13.6. The molecule has 3 heterocycles. The van der Waals surface area contributed by atoms with Gasteiger partial charge in [-0.3, -0.25) is 4.79 Å². The Bertz CT molecular complexity index is 977. The van der Waals surface area contributed by atoms with Crippen LogP contribution in [0.15, 0.2) is 36.0 Å². The lowest BCUT2D eigenvalue weighted by Gasteiger charge is -2.19. The molecule has 0 radical (unpaired) electrons. The van der Waals surface area contributed by atoms with Crippen LogP contribution in [0.2, 0.25) is 0 Å². The van der Waals surface area contributed by atoms with Gasteiger partial charge in [-0.1, -0.05) is 0 Å². The van der Waals surface area contributed by atoms with E-state index in [-0.39, 0.29) is 6.10 Å². The largest absolute Gasteiger partial charge is 0.400 e. The number of allylic oxidation sites excluding steroid dienone is 1. The summed E-state index contributed by atoms with van der Waals surface area (Å²) in [6.07, 6.45) is 6.94. The highest BCUT2D eigenvalue weighted by atomic mass is 32.1. The van der Waals surface area contributed by atoms with Crippen LogP contribution in [0.5, 0.6) is 0 Å². The summed E-state index contributed by atoms with van der Waals surface area (Å²) >= 11 is 1.54. The van der Waals surface area contributed by atoms with Crippen molar-refractivity contribution in [1.82, 2.24) is 9.38 Å². The van der Waals surface area contributed by atoms with Gasteiger partial charge in [-0.25, -0.2) is 4.98 Å². The summed E-state index contributed by atoms with van der Waals surface area (Å²) in [4.78, 5) is 15.8. The van der Waals surface area contributed by atoms with Crippen LogP contribution < -0.4 is 5.73 Å². The van der Waals surface area contributed by atoms with Gasteiger partial charge in [0, 0.05) is 47.9 Å². The van der Waals surface area contributed by atoms with Crippen molar-refractivity contribution in [3.8, 4) is 0 Å². The molecule has 8 heteroatoms. The average molecular weight is 401 g/mol. The zero-order valence-electron chi connectivity index (χ0n) is 16.0. The van der Waals surface area contributed by atoms with E-state index >= 15 is 0 Å². The van der Waals surface area contributed by atoms with Crippen LogP contribution in [0.3, 0.4) is 0 Å².